The fourth-order valence-corrected chi connectivity index (χ4v) is 4.57. The monoisotopic (exact) mass is 475 g/mol. The topological polar surface area (TPSA) is 63.5 Å². The number of carbonyl (C=O) groups excluding carboxylic acids is 1. The van der Waals surface area contributed by atoms with Crippen LogP contribution in [0.1, 0.15) is 5.56 Å². The molecule has 0 bridgehead atoms. The van der Waals surface area contributed by atoms with Gasteiger partial charge in [-0.2, -0.15) is 0 Å². The number of thioether (sulfide) groups is 1. The van der Waals surface area contributed by atoms with Gasteiger partial charge in [0.2, 0.25) is 5.91 Å². The lowest BCUT2D eigenvalue weighted by atomic mass is 10.2. The lowest BCUT2D eigenvalue weighted by Gasteiger charge is -2.34. The first kappa shape index (κ1) is 22.6. The number of amides is 1. The molecule has 1 aliphatic heterocycles. The number of methoxy groups -OCH3 is 1. The second kappa shape index (κ2) is 10.3. The molecule has 3 aromatic rings. The Bertz CT molecular complexity index is 1070. The summed E-state index contributed by atoms with van der Waals surface area (Å²) in [7, 11) is 1.62. The van der Waals surface area contributed by atoms with Gasteiger partial charge in [-0.25, -0.2) is 4.39 Å². The van der Waals surface area contributed by atoms with E-state index in [-0.39, 0.29) is 11.7 Å². The number of nitrogens with zero attached hydrogens (tertiary/aromatic N) is 5. The van der Waals surface area contributed by atoms with Crippen molar-refractivity contribution in [1.29, 1.82) is 0 Å². The van der Waals surface area contributed by atoms with Crippen molar-refractivity contribution in [2.75, 3.05) is 39.0 Å². The third-order valence-electron chi connectivity index (χ3n) is 5.33. The molecule has 1 saturated heterocycles. The maximum Gasteiger partial charge on any atom is 0.233 e. The third-order valence-corrected chi connectivity index (χ3v) is 6.61. The first-order valence-corrected chi connectivity index (χ1v) is 11.5. The van der Waals surface area contributed by atoms with E-state index in [0.29, 0.717) is 35.6 Å². The molecule has 0 atom stereocenters. The summed E-state index contributed by atoms with van der Waals surface area (Å²) in [5.41, 5.74) is 1.79. The Morgan fingerprint density at radius 2 is 1.91 bits per heavy atom. The predicted octanol–water partition coefficient (Wildman–Crippen LogP) is 3.50. The molecule has 10 heteroatoms. The van der Waals surface area contributed by atoms with Crippen molar-refractivity contribution in [3.8, 4) is 11.4 Å². The molecule has 0 spiro atoms. The highest BCUT2D eigenvalue weighted by atomic mass is 35.5. The van der Waals surface area contributed by atoms with Crippen LogP contribution in [0.4, 0.5) is 4.39 Å². The molecule has 2 aromatic carbocycles. The predicted molar refractivity (Wildman–Crippen MR) is 122 cm³/mol. The van der Waals surface area contributed by atoms with E-state index in [1.807, 2.05) is 33.7 Å². The number of hydrogen-bond acceptors (Lipinski definition) is 6. The molecular formula is C22H23ClFN5O2S. The molecule has 32 heavy (non-hydrogen) atoms. The zero-order valence-electron chi connectivity index (χ0n) is 17.6. The zero-order valence-corrected chi connectivity index (χ0v) is 19.2. The average Bonchev–Trinajstić information content (AvgIpc) is 3.28. The summed E-state index contributed by atoms with van der Waals surface area (Å²) >= 11 is 7.50. The summed E-state index contributed by atoms with van der Waals surface area (Å²) in [6, 6.07) is 12.0. The molecule has 0 aliphatic carbocycles. The van der Waals surface area contributed by atoms with E-state index in [4.69, 9.17) is 16.3 Å². The highest BCUT2D eigenvalue weighted by molar-refractivity contribution is 7.99. The number of aromatic nitrogens is 3. The second-order valence-corrected chi connectivity index (χ2v) is 8.71. The van der Waals surface area contributed by atoms with Crippen molar-refractivity contribution in [3.63, 3.8) is 0 Å². The van der Waals surface area contributed by atoms with Crippen LogP contribution in [-0.2, 0) is 11.3 Å². The Morgan fingerprint density at radius 3 is 2.59 bits per heavy atom. The lowest BCUT2D eigenvalue weighted by Crippen LogP contribution is -2.48. The Hall–Kier alpha value is -2.62. The van der Waals surface area contributed by atoms with Crippen LogP contribution in [0.25, 0.3) is 5.69 Å². The van der Waals surface area contributed by atoms with Gasteiger partial charge in [0.05, 0.1) is 12.9 Å². The Kier molecular flexibility index (Phi) is 7.29. The number of carbonyl (C=O) groups is 1. The molecule has 2 heterocycles. The highest BCUT2D eigenvalue weighted by Crippen LogP contribution is 2.23. The molecule has 1 fully saturated rings. The van der Waals surface area contributed by atoms with Crippen LogP contribution in [0.3, 0.4) is 0 Å². The Labute approximate surface area is 195 Å². The maximum atomic E-state index is 13.2. The van der Waals surface area contributed by atoms with Gasteiger partial charge in [-0.15, -0.1) is 10.2 Å². The quantitative estimate of drug-likeness (QED) is 0.487. The molecule has 1 aromatic heterocycles. The summed E-state index contributed by atoms with van der Waals surface area (Å²) < 4.78 is 20.3. The summed E-state index contributed by atoms with van der Waals surface area (Å²) in [6.07, 6.45) is 1.63. The van der Waals surface area contributed by atoms with Crippen molar-refractivity contribution < 1.29 is 13.9 Å². The summed E-state index contributed by atoms with van der Waals surface area (Å²) in [5, 5.41) is 9.23. The second-order valence-electron chi connectivity index (χ2n) is 7.36. The summed E-state index contributed by atoms with van der Waals surface area (Å²) in [4.78, 5) is 16.8. The van der Waals surface area contributed by atoms with E-state index in [2.05, 4.69) is 15.1 Å². The van der Waals surface area contributed by atoms with Crippen LogP contribution in [0, 0.1) is 5.82 Å². The minimum absolute atomic E-state index is 0.0683. The Balaban J connectivity index is 1.28. The van der Waals surface area contributed by atoms with Crippen LogP contribution in [0.5, 0.6) is 5.75 Å². The van der Waals surface area contributed by atoms with Gasteiger partial charge in [-0.05, 0) is 42.0 Å². The fraction of sp³-hybridized carbons (Fsp3) is 0.318. The minimum Gasteiger partial charge on any atom is -0.497 e. The lowest BCUT2D eigenvalue weighted by molar-refractivity contribution is -0.130. The normalized spacial score (nSPS) is 14.5. The maximum absolute atomic E-state index is 13.2. The van der Waals surface area contributed by atoms with E-state index in [1.54, 1.807) is 19.5 Å². The standard InChI is InChI=1S/C22H23ClFN5O2S/c1-31-19-6-4-18(5-7-19)29-15-25-26-22(29)32-14-21(30)28-10-8-27(9-11-28)13-16-2-3-17(24)12-20(16)23/h2-7,12,15H,8-11,13-14H2,1H3. The molecule has 0 radical (unpaired) electrons. The number of ether oxygens (including phenoxy) is 1. The fourth-order valence-electron chi connectivity index (χ4n) is 3.51. The van der Waals surface area contributed by atoms with E-state index in [0.717, 1.165) is 30.1 Å². The molecule has 7 nitrogen and oxygen atoms in total. The van der Waals surface area contributed by atoms with Gasteiger partial charge in [-0.3, -0.25) is 14.3 Å². The molecule has 1 amide bonds. The summed E-state index contributed by atoms with van der Waals surface area (Å²) in [5.74, 6) is 0.791. The molecule has 1 aliphatic rings. The van der Waals surface area contributed by atoms with Crippen molar-refractivity contribution in [1.82, 2.24) is 24.6 Å². The average molecular weight is 476 g/mol. The smallest absolute Gasteiger partial charge is 0.233 e. The minimum atomic E-state index is -0.338. The summed E-state index contributed by atoms with van der Waals surface area (Å²) in [6.45, 7) is 3.41. The van der Waals surface area contributed by atoms with Gasteiger partial charge in [0.1, 0.15) is 17.9 Å². The van der Waals surface area contributed by atoms with E-state index in [1.165, 1.54) is 23.9 Å². The van der Waals surface area contributed by atoms with Crippen molar-refractivity contribution >= 4 is 29.3 Å². The van der Waals surface area contributed by atoms with Crippen LogP contribution in [-0.4, -0.2) is 69.5 Å². The van der Waals surface area contributed by atoms with Crippen LogP contribution in [0.2, 0.25) is 5.02 Å². The van der Waals surface area contributed by atoms with Crippen LogP contribution in [0.15, 0.2) is 53.9 Å². The number of hydrogen-bond donors (Lipinski definition) is 0. The zero-order chi connectivity index (χ0) is 22.5. The van der Waals surface area contributed by atoms with E-state index in [9.17, 15) is 9.18 Å². The van der Waals surface area contributed by atoms with E-state index >= 15 is 0 Å². The molecule has 4 rings (SSSR count). The first-order valence-electron chi connectivity index (χ1n) is 10.1. The van der Waals surface area contributed by atoms with Crippen LogP contribution >= 0.6 is 23.4 Å². The van der Waals surface area contributed by atoms with Gasteiger partial charge in [0.25, 0.3) is 0 Å². The third kappa shape index (κ3) is 5.40. The first-order chi connectivity index (χ1) is 15.5. The number of halogens is 2. The van der Waals surface area contributed by atoms with Gasteiger partial charge < -0.3 is 9.64 Å². The Morgan fingerprint density at radius 1 is 1.16 bits per heavy atom. The largest absolute Gasteiger partial charge is 0.497 e. The molecule has 0 unspecified atom stereocenters. The van der Waals surface area contributed by atoms with Crippen molar-refractivity contribution in [2.24, 2.45) is 0 Å². The SMILES string of the molecule is COc1ccc(-n2cnnc2SCC(=O)N2CCN(Cc3ccc(F)cc3Cl)CC2)cc1. The molecule has 0 saturated carbocycles. The van der Waals surface area contributed by atoms with Crippen molar-refractivity contribution in [2.45, 2.75) is 11.7 Å². The van der Waals surface area contributed by atoms with Gasteiger partial charge >= 0.3 is 0 Å². The molecule has 168 valence electrons. The number of rotatable bonds is 7. The van der Waals surface area contributed by atoms with Crippen LogP contribution < -0.4 is 4.74 Å². The van der Waals surface area contributed by atoms with Crippen molar-refractivity contribution in [3.05, 3.63) is 65.2 Å². The highest BCUT2D eigenvalue weighted by Gasteiger charge is 2.22. The van der Waals surface area contributed by atoms with E-state index < -0.39 is 0 Å². The van der Waals surface area contributed by atoms with Gasteiger partial charge in [0.15, 0.2) is 5.16 Å². The van der Waals surface area contributed by atoms with Gasteiger partial charge in [0, 0.05) is 43.4 Å². The molecular weight excluding hydrogens is 453 g/mol. The number of piperazine rings is 1. The molecule has 0 N–H and O–H groups in total. The van der Waals surface area contributed by atoms with Gasteiger partial charge in [-0.1, -0.05) is 29.4 Å². The number of benzene rings is 2.